The summed E-state index contributed by atoms with van der Waals surface area (Å²) in [7, 11) is 0. The molecule has 0 saturated carbocycles. The zero-order valence-electron chi connectivity index (χ0n) is 9.70. The Morgan fingerprint density at radius 2 is 2.20 bits per heavy atom. The second-order valence-electron chi connectivity index (χ2n) is 4.53. The normalized spacial score (nSPS) is 24.1. The van der Waals surface area contributed by atoms with E-state index in [9.17, 15) is 4.79 Å². The van der Waals surface area contributed by atoms with E-state index in [1.807, 2.05) is 0 Å². The number of carboxylic acid groups (broad SMARTS) is 1. The lowest BCUT2D eigenvalue weighted by atomic mass is 10.1. The Morgan fingerprint density at radius 3 is 2.80 bits per heavy atom. The Morgan fingerprint density at radius 1 is 1.47 bits per heavy atom. The third-order valence-electron chi connectivity index (χ3n) is 3.03. The number of likely N-dealkylation sites (tertiary alicyclic amines) is 1. The van der Waals surface area contributed by atoms with Gasteiger partial charge in [0.05, 0.1) is 6.54 Å². The highest BCUT2D eigenvalue weighted by Gasteiger charge is 2.18. The molecule has 0 aromatic heterocycles. The van der Waals surface area contributed by atoms with Crippen LogP contribution in [0.1, 0.15) is 33.1 Å². The molecule has 0 amide bonds. The summed E-state index contributed by atoms with van der Waals surface area (Å²) in [6.45, 7) is 6.74. The van der Waals surface area contributed by atoms with Gasteiger partial charge in [-0.05, 0) is 46.2 Å². The quantitative estimate of drug-likeness (QED) is 0.731. The van der Waals surface area contributed by atoms with Crippen LogP contribution >= 0.6 is 0 Å². The largest absolute Gasteiger partial charge is 0.480 e. The average molecular weight is 214 g/mol. The summed E-state index contributed by atoms with van der Waals surface area (Å²) in [5.41, 5.74) is 0. The Balaban J connectivity index is 2.29. The second kappa shape index (κ2) is 6.08. The van der Waals surface area contributed by atoms with E-state index in [4.69, 9.17) is 5.11 Å². The molecule has 0 spiro atoms. The molecule has 0 bridgehead atoms. The molecule has 0 radical (unpaired) electrons. The lowest BCUT2D eigenvalue weighted by molar-refractivity contribution is -0.136. The monoisotopic (exact) mass is 214 g/mol. The molecule has 1 aliphatic heterocycles. The minimum atomic E-state index is -0.764. The van der Waals surface area contributed by atoms with Crippen molar-refractivity contribution in [2.45, 2.75) is 45.2 Å². The maximum absolute atomic E-state index is 10.4. The lowest BCUT2D eigenvalue weighted by Gasteiger charge is -2.24. The molecule has 1 unspecified atom stereocenters. The van der Waals surface area contributed by atoms with Gasteiger partial charge in [-0.2, -0.15) is 0 Å². The van der Waals surface area contributed by atoms with E-state index in [-0.39, 0.29) is 6.54 Å². The molecule has 1 aliphatic rings. The lowest BCUT2D eigenvalue weighted by Crippen LogP contribution is -2.35. The van der Waals surface area contributed by atoms with Crippen LogP contribution in [0.2, 0.25) is 0 Å². The van der Waals surface area contributed by atoms with Gasteiger partial charge in [0.1, 0.15) is 0 Å². The highest BCUT2D eigenvalue weighted by molar-refractivity contribution is 5.69. The molecule has 0 aliphatic carbocycles. The van der Waals surface area contributed by atoms with Gasteiger partial charge in [0.15, 0.2) is 0 Å². The van der Waals surface area contributed by atoms with Gasteiger partial charge in [-0.15, -0.1) is 0 Å². The van der Waals surface area contributed by atoms with Crippen molar-refractivity contribution in [1.29, 1.82) is 0 Å². The zero-order valence-corrected chi connectivity index (χ0v) is 9.70. The topological polar surface area (TPSA) is 52.6 Å². The Hall–Kier alpha value is -0.610. The van der Waals surface area contributed by atoms with Crippen LogP contribution in [-0.4, -0.2) is 47.7 Å². The predicted octanol–water partition coefficient (Wildman–Crippen LogP) is 0.923. The highest BCUT2D eigenvalue weighted by Crippen LogP contribution is 2.12. The van der Waals surface area contributed by atoms with Gasteiger partial charge < -0.3 is 15.3 Å². The molecular formula is C11H22N2O2. The van der Waals surface area contributed by atoms with Crippen LogP contribution < -0.4 is 5.32 Å². The van der Waals surface area contributed by atoms with Crippen LogP contribution in [0.15, 0.2) is 0 Å². The molecule has 1 saturated heterocycles. The number of carbonyl (C=O) groups is 1. The van der Waals surface area contributed by atoms with E-state index in [0.29, 0.717) is 12.1 Å². The zero-order chi connectivity index (χ0) is 11.3. The maximum Gasteiger partial charge on any atom is 0.317 e. The summed E-state index contributed by atoms with van der Waals surface area (Å²) in [5.74, 6) is -0.764. The number of hydrogen-bond donors (Lipinski definition) is 2. The fourth-order valence-electron chi connectivity index (χ4n) is 2.07. The van der Waals surface area contributed by atoms with Crippen LogP contribution in [0.4, 0.5) is 0 Å². The van der Waals surface area contributed by atoms with Gasteiger partial charge in [0.25, 0.3) is 0 Å². The van der Waals surface area contributed by atoms with Crippen molar-refractivity contribution in [2.75, 3.05) is 19.6 Å². The van der Waals surface area contributed by atoms with Gasteiger partial charge in [-0.25, -0.2) is 0 Å². The van der Waals surface area contributed by atoms with E-state index in [1.54, 1.807) is 0 Å². The Kier molecular flexibility index (Phi) is 5.05. The molecule has 4 nitrogen and oxygen atoms in total. The van der Waals surface area contributed by atoms with Crippen molar-refractivity contribution in [3.05, 3.63) is 0 Å². The van der Waals surface area contributed by atoms with Gasteiger partial charge in [-0.3, -0.25) is 4.79 Å². The first-order chi connectivity index (χ1) is 7.09. The van der Waals surface area contributed by atoms with Gasteiger partial charge in [0, 0.05) is 12.1 Å². The van der Waals surface area contributed by atoms with E-state index in [0.717, 1.165) is 32.4 Å². The fourth-order valence-corrected chi connectivity index (χ4v) is 2.07. The van der Waals surface area contributed by atoms with Crippen LogP contribution in [-0.2, 0) is 4.79 Å². The molecule has 88 valence electrons. The Bertz CT molecular complexity index is 207. The fraction of sp³-hybridized carbons (Fsp3) is 0.909. The molecule has 1 fully saturated rings. The number of aliphatic carboxylic acids is 1. The van der Waals surface area contributed by atoms with Crippen molar-refractivity contribution < 1.29 is 9.90 Å². The van der Waals surface area contributed by atoms with E-state index >= 15 is 0 Å². The number of hydrogen-bond acceptors (Lipinski definition) is 3. The van der Waals surface area contributed by atoms with Crippen molar-refractivity contribution in [3.63, 3.8) is 0 Å². The van der Waals surface area contributed by atoms with E-state index < -0.39 is 5.97 Å². The number of nitrogens with zero attached hydrogens (tertiary/aromatic N) is 1. The van der Waals surface area contributed by atoms with Gasteiger partial charge in [-0.1, -0.05) is 0 Å². The molecule has 2 N–H and O–H groups in total. The summed E-state index contributed by atoms with van der Waals surface area (Å²) in [5, 5.41) is 11.7. The van der Waals surface area contributed by atoms with E-state index in [1.165, 1.54) is 0 Å². The SMILES string of the molecule is CC(C)N1CCCC(NCC(=O)O)CC1. The summed E-state index contributed by atoms with van der Waals surface area (Å²) in [4.78, 5) is 12.9. The van der Waals surface area contributed by atoms with Gasteiger partial charge in [0.2, 0.25) is 0 Å². The number of nitrogens with one attached hydrogen (secondary N) is 1. The van der Waals surface area contributed by atoms with E-state index in [2.05, 4.69) is 24.1 Å². The van der Waals surface area contributed by atoms with Crippen molar-refractivity contribution in [2.24, 2.45) is 0 Å². The number of rotatable bonds is 4. The van der Waals surface area contributed by atoms with Crippen LogP contribution in [0.5, 0.6) is 0 Å². The third-order valence-corrected chi connectivity index (χ3v) is 3.03. The van der Waals surface area contributed by atoms with Crippen LogP contribution in [0.25, 0.3) is 0 Å². The first kappa shape index (κ1) is 12.5. The first-order valence-corrected chi connectivity index (χ1v) is 5.79. The van der Waals surface area contributed by atoms with Crippen molar-refractivity contribution in [1.82, 2.24) is 10.2 Å². The average Bonchev–Trinajstić information content (AvgIpc) is 2.39. The number of carboxylic acids is 1. The summed E-state index contributed by atoms with van der Waals surface area (Å²) >= 11 is 0. The second-order valence-corrected chi connectivity index (χ2v) is 4.53. The maximum atomic E-state index is 10.4. The molecule has 1 heterocycles. The first-order valence-electron chi connectivity index (χ1n) is 5.79. The minimum absolute atomic E-state index is 0.0896. The predicted molar refractivity (Wildman–Crippen MR) is 60.0 cm³/mol. The summed E-state index contributed by atoms with van der Waals surface area (Å²) in [6, 6.07) is 0.980. The van der Waals surface area contributed by atoms with Crippen molar-refractivity contribution >= 4 is 5.97 Å². The molecule has 4 heteroatoms. The van der Waals surface area contributed by atoms with Crippen LogP contribution in [0.3, 0.4) is 0 Å². The standard InChI is InChI=1S/C11H22N2O2/c1-9(2)13-6-3-4-10(5-7-13)12-8-11(14)15/h9-10,12H,3-8H2,1-2H3,(H,14,15). The molecule has 0 aromatic rings. The highest BCUT2D eigenvalue weighted by atomic mass is 16.4. The summed E-state index contributed by atoms with van der Waals surface area (Å²) < 4.78 is 0. The Labute approximate surface area is 91.6 Å². The molecule has 1 rings (SSSR count). The van der Waals surface area contributed by atoms with Crippen LogP contribution in [0, 0.1) is 0 Å². The summed E-state index contributed by atoms with van der Waals surface area (Å²) in [6.07, 6.45) is 3.32. The minimum Gasteiger partial charge on any atom is -0.480 e. The molecule has 15 heavy (non-hydrogen) atoms. The van der Waals surface area contributed by atoms with Crippen molar-refractivity contribution in [3.8, 4) is 0 Å². The molecule has 1 atom stereocenters. The third kappa shape index (κ3) is 4.62. The molecular weight excluding hydrogens is 192 g/mol. The molecule has 0 aromatic carbocycles. The smallest absolute Gasteiger partial charge is 0.317 e. The van der Waals surface area contributed by atoms with Gasteiger partial charge >= 0.3 is 5.97 Å².